The lowest BCUT2D eigenvalue weighted by molar-refractivity contribution is 0.0860. The molecule has 1 N–H and O–H groups in total. The van der Waals surface area contributed by atoms with Gasteiger partial charge in [-0.1, -0.05) is 48.0 Å². The van der Waals surface area contributed by atoms with Crippen molar-refractivity contribution in [3.05, 3.63) is 70.1 Å². The third-order valence-corrected chi connectivity index (χ3v) is 6.13. The highest BCUT2D eigenvalue weighted by Crippen LogP contribution is 2.33. The van der Waals surface area contributed by atoms with Crippen LogP contribution in [-0.2, 0) is 11.2 Å². The second-order valence-corrected chi connectivity index (χ2v) is 7.97. The van der Waals surface area contributed by atoms with Crippen LogP contribution in [0.15, 0.2) is 48.5 Å². The number of aryl methyl sites for hydroxylation is 1. The molecule has 1 amide bonds. The highest BCUT2D eigenvalue weighted by Gasteiger charge is 2.21. The first-order valence-corrected chi connectivity index (χ1v) is 9.98. The summed E-state index contributed by atoms with van der Waals surface area (Å²) in [6.45, 7) is 3.49. The molecule has 2 heterocycles. The molecule has 0 spiro atoms. The number of fused-ring (bicyclic) bond motifs is 1. The molecule has 26 heavy (non-hydrogen) atoms. The fraction of sp³-hybridized carbons (Fsp3) is 0.318. The number of hydrogen-bond donors (Lipinski definition) is 1. The molecule has 0 aliphatic carbocycles. The Labute approximate surface area is 158 Å². The van der Waals surface area contributed by atoms with E-state index >= 15 is 0 Å². The van der Waals surface area contributed by atoms with Crippen LogP contribution < -0.4 is 5.32 Å². The van der Waals surface area contributed by atoms with E-state index in [1.165, 1.54) is 16.5 Å². The van der Waals surface area contributed by atoms with Crippen LogP contribution in [0, 0.1) is 6.92 Å². The van der Waals surface area contributed by atoms with Gasteiger partial charge in [-0.25, -0.2) is 0 Å². The average Bonchev–Trinajstić information content (AvgIpc) is 3.30. The zero-order chi connectivity index (χ0) is 17.9. The van der Waals surface area contributed by atoms with E-state index < -0.39 is 0 Å². The summed E-state index contributed by atoms with van der Waals surface area (Å²) in [5.41, 5.74) is 3.60. The number of amides is 1. The molecule has 1 saturated heterocycles. The zero-order valence-electron chi connectivity index (χ0n) is 15.0. The van der Waals surface area contributed by atoms with E-state index in [0.29, 0.717) is 6.54 Å². The fourth-order valence-corrected chi connectivity index (χ4v) is 4.60. The van der Waals surface area contributed by atoms with Crippen molar-refractivity contribution in [1.82, 2.24) is 5.32 Å². The number of hydrogen-bond acceptors (Lipinski definition) is 3. The molecule has 134 valence electrons. The maximum absolute atomic E-state index is 12.9. The smallest absolute Gasteiger partial charge is 0.261 e. The standard InChI is InChI=1S/C22H23NO2S/c1-15-8-10-16(11-9-15)13-19-18-6-2-3-7-20(18)26-21(19)22(24)23-14-17-5-4-12-25-17/h2-3,6-11,17H,4-5,12-14H2,1H3,(H,23,24). The van der Waals surface area contributed by atoms with Crippen LogP contribution in [-0.4, -0.2) is 25.2 Å². The molecule has 3 aromatic rings. The highest BCUT2D eigenvalue weighted by molar-refractivity contribution is 7.21. The minimum atomic E-state index is 0.0174. The number of rotatable bonds is 5. The summed E-state index contributed by atoms with van der Waals surface area (Å²) in [6.07, 6.45) is 3.05. The molecule has 4 rings (SSSR count). The van der Waals surface area contributed by atoms with Gasteiger partial charge in [0.2, 0.25) is 0 Å². The Morgan fingerprint density at radius 1 is 1.19 bits per heavy atom. The van der Waals surface area contributed by atoms with E-state index in [-0.39, 0.29) is 12.0 Å². The van der Waals surface area contributed by atoms with Gasteiger partial charge in [-0.05, 0) is 48.8 Å². The average molecular weight is 365 g/mol. The maximum atomic E-state index is 12.9. The molecular weight excluding hydrogens is 342 g/mol. The zero-order valence-corrected chi connectivity index (χ0v) is 15.8. The molecule has 1 aliphatic heterocycles. The molecular formula is C22H23NO2S. The van der Waals surface area contributed by atoms with Crippen molar-refractivity contribution in [3.8, 4) is 0 Å². The van der Waals surface area contributed by atoms with Crippen molar-refractivity contribution in [1.29, 1.82) is 0 Å². The van der Waals surface area contributed by atoms with Crippen LogP contribution in [0.5, 0.6) is 0 Å². The quantitative estimate of drug-likeness (QED) is 0.711. The number of nitrogens with one attached hydrogen (secondary N) is 1. The lowest BCUT2D eigenvalue weighted by Gasteiger charge is -2.11. The normalized spacial score (nSPS) is 16.9. The van der Waals surface area contributed by atoms with E-state index in [0.717, 1.165) is 41.0 Å². The van der Waals surface area contributed by atoms with Crippen molar-refractivity contribution in [2.45, 2.75) is 32.3 Å². The van der Waals surface area contributed by atoms with Crippen LogP contribution in [0.2, 0.25) is 0 Å². The molecule has 2 aromatic carbocycles. The number of ether oxygens (including phenoxy) is 1. The maximum Gasteiger partial charge on any atom is 0.261 e. The molecule has 1 aliphatic rings. The first-order valence-electron chi connectivity index (χ1n) is 9.16. The van der Waals surface area contributed by atoms with Gasteiger partial charge in [0.05, 0.1) is 11.0 Å². The Morgan fingerprint density at radius 3 is 2.77 bits per heavy atom. The van der Waals surface area contributed by atoms with Crippen molar-refractivity contribution in [2.75, 3.05) is 13.2 Å². The van der Waals surface area contributed by atoms with Crippen LogP contribution in [0.3, 0.4) is 0 Å². The summed E-state index contributed by atoms with van der Waals surface area (Å²) in [4.78, 5) is 13.7. The fourth-order valence-electron chi connectivity index (χ4n) is 3.46. The molecule has 1 unspecified atom stereocenters. The minimum absolute atomic E-state index is 0.0174. The third-order valence-electron chi connectivity index (χ3n) is 4.92. The van der Waals surface area contributed by atoms with Gasteiger partial charge in [0, 0.05) is 17.9 Å². The van der Waals surface area contributed by atoms with Gasteiger partial charge >= 0.3 is 0 Å². The number of benzene rings is 2. The summed E-state index contributed by atoms with van der Waals surface area (Å²) in [5.74, 6) is 0.0174. The van der Waals surface area contributed by atoms with Crippen molar-refractivity contribution < 1.29 is 9.53 Å². The number of thiophene rings is 1. The first kappa shape index (κ1) is 17.3. The monoisotopic (exact) mass is 365 g/mol. The van der Waals surface area contributed by atoms with Crippen molar-refractivity contribution in [2.24, 2.45) is 0 Å². The highest BCUT2D eigenvalue weighted by atomic mass is 32.1. The summed E-state index contributed by atoms with van der Waals surface area (Å²) in [6, 6.07) is 16.8. The van der Waals surface area contributed by atoms with Gasteiger partial charge in [0.25, 0.3) is 5.91 Å². The van der Waals surface area contributed by atoms with E-state index in [1.807, 2.05) is 12.1 Å². The Kier molecular flexibility index (Phi) is 5.05. The molecule has 1 aromatic heterocycles. The number of carbonyl (C=O) groups is 1. The predicted octanol–water partition coefficient (Wildman–Crippen LogP) is 4.71. The van der Waals surface area contributed by atoms with Crippen LogP contribution in [0.4, 0.5) is 0 Å². The molecule has 1 atom stereocenters. The molecule has 0 radical (unpaired) electrons. The predicted molar refractivity (Wildman–Crippen MR) is 107 cm³/mol. The van der Waals surface area contributed by atoms with Crippen molar-refractivity contribution in [3.63, 3.8) is 0 Å². The van der Waals surface area contributed by atoms with E-state index in [1.54, 1.807) is 11.3 Å². The van der Waals surface area contributed by atoms with Crippen LogP contribution >= 0.6 is 11.3 Å². The van der Waals surface area contributed by atoms with E-state index in [4.69, 9.17) is 4.74 Å². The molecule has 4 heteroatoms. The van der Waals surface area contributed by atoms with Gasteiger partial charge in [0.15, 0.2) is 0 Å². The topological polar surface area (TPSA) is 38.3 Å². The summed E-state index contributed by atoms with van der Waals surface area (Å²) in [7, 11) is 0. The van der Waals surface area contributed by atoms with Gasteiger partial charge in [-0.3, -0.25) is 4.79 Å². The Morgan fingerprint density at radius 2 is 2.00 bits per heavy atom. The Bertz CT molecular complexity index is 908. The second kappa shape index (κ2) is 7.60. The first-order chi connectivity index (χ1) is 12.7. The lowest BCUT2D eigenvalue weighted by atomic mass is 10.0. The Hall–Kier alpha value is -2.17. The van der Waals surface area contributed by atoms with Crippen LogP contribution in [0.1, 0.15) is 39.2 Å². The number of carbonyl (C=O) groups excluding carboxylic acids is 1. The van der Waals surface area contributed by atoms with E-state index in [2.05, 4.69) is 48.6 Å². The van der Waals surface area contributed by atoms with Gasteiger partial charge in [0.1, 0.15) is 0 Å². The second-order valence-electron chi connectivity index (χ2n) is 6.91. The van der Waals surface area contributed by atoms with E-state index in [9.17, 15) is 4.79 Å². The van der Waals surface area contributed by atoms with Gasteiger partial charge < -0.3 is 10.1 Å². The van der Waals surface area contributed by atoms with Crippen molar-refractivity contribution >= 4 is 27.3 Å². The summed E-state index contributed by atoms with van der Waals surface area (Å²) >= 11 is 1.58. The lowest BCUT2D eigenvalue weighted by Crippen LogP contribution is -2.31. The summed E-state index contributed by atoms with van der Waals surface area (Å²) in [5, 5.41) is 4.26. The largest absolute Gasteiger partial charge is 0.376 e. The molecule has 3 nitrogen and oxygen atoms in total. The van der Waals surface area contributed by atoms with Crippen LogP contribution in [0.25, 0.3) is 10.1 Å². The molecule has 1 fully saturated rings. The SMILES string of the molecule is Cc1ccc(Cc2c(C(=O)NCC3CCCO3)sc3ccccc23)cc1. The minimum Gasteiger partial charge on any atom is -0.376 e. The van der Waals surface area contributed by atoms with Gasteiger partial charge in [-0.15, -0.1) is 11.3 Å². The molecule has 0 bridgehead atoms. The molecule has 0 saturated carbocycles. The summed E-state index contributed by atoms with van der Waals surface area (Å²) < 4.78 is 6.79. The van der Waals surface area contributed by atoms with Gasteiger partial charge in [-0.2, -0.15) is 0 Å². The Balaban J connectivity index is 1.62. The third kappa shape index (κ3) is 3.67.